The van der Waals surface area contributed by atoms with Crippen molar-refractivity contribution in [3.8, 4) is 0 Å². The first kappa shape index (κ1) is 11.9. The molecule has 0 spiro atoms. The number of allylic oxidation sites excluding steroid dienone is 1. The van der Waals surface area contributed by atoms with Gasteiger partial charge < -0.3 is 5.11 Å². The molecule has 0 saturated heterocycles. The molecule has 1 N–H and O–H groups in total. The molecule has 0 aromatic heterocycles. The van der Waals surface area contributed by atoms with Crippen molar-refractivity contribution < 1.29 is 5.11 Å². The van der Waals surface area contributed by atoms with E-state index in [2.05, 4.69) is 0 Å². The normalized spacial score (nSPS) is 10.8. The molecule has 0 radical (unpaired) electrons. The molecule has 0 bridgehead atoms. The smallest absolute Gasteiger partial charge is 0.0695 e. The van der Waals surface area contributed by atoms with Gasteiger partial charge >= 0.3 is 0 Å². The van der Waals surface area contributed by atoms with Crippen molar-refractivity contribution in [2.45, 2.75) is 26.9 Å². The van der Waals surface area contributed by atoms with Gasteiger partial charge in [-0.05, 0) is 20.8 Å². The van der Waals surface area contributed by atoms with Crippen LogP contribution in [0.15, 0.2) is 48.0 Å². The molecule has 0 aliphatic carbocycles. The second-order valence-corrected chi connectivity index (χ2v) is 3.14. The van der Waals surface area contributed by atoms with Crippen LogP contribution in [0.3, 0.4) is 0 Å². The molecule has 1 aromatic carbocycles. The number of hydrogen-bond acceptors (Lipinski definition) is 1. The predicted octanol–water partition coefficient (Wildman–Crippen LogP) is 3.02. The molecule has 1 nitrogen and oxygen atoms in total. The van der Waals surface area contributed by atoms with Crippen LogP contribution in [-0.4, -0.2) is 11.2 Å². The van der Waals surface area contributed by atoms with Gasteiger partial charge in [0.05, 0.1) is 6.10 Å². The number of aliphatic hydroxyl groups is 1. The van der Waals surface area contributed by atoms with E-state index in [0.29, 0.717) is 0 Å². The summed E-state index contributed by atoms with van der Waals surface area (Å²) >= 11 is 0. The molecular weight excluding hydrogens is 160 g/mol. The van der Waals surface area contributed by atoms with E-state index >= 15 is 0 Å². The lowest BCUT2D eigenvalue weighted by Gasteiger charge is -1.92. The minimum atomic E-state index is -0.287. The van der Waals surface area contributed by atoms with Crippen molar-refractivity contribution in [1.29, 1.82) is 0 Å². The highest BCUT2D eigenvalue weighted by atomic mass is 16.3. The van der Waals surface area contributed by atoms with Gasteiger partial charge in [-0.1, -0.05) is 48.0 Å². The van der Waals surface area contributed by atoms with Crippen molar-refractivity contribution in [2.75, 3.05) is 0 Å². The third-order valence-corrected chi connectivity index (χ3v) is 1.24. The van der Waals surface area contributed by atoms with Crippen LogP contribution >= 0.6 is 0 Å². The standard InChI is InChI=1S/C6H12O.C6H6/c1-5(2)4-6(3)7;1-2-4-6-5-3-1/h4,6-7H,1-3H3;1-6H. The largest absolute Gasteiger partial charge is 0.389 e. The van der Waals surface area contributed by atoms with Crippen LogP contribution in [0.2, 0.25) is 0 Å². The quantitative estimate of drug-likeness (QED) is 0.655. The zero-order chi connectivity index (χ0) is 10.1. The molecular formula is C12H18O. The molecule has 1 heteroatoms. The molecule has 1 aromatic rings. The van der Waals surface area contributed by atoms with Gasteiger partial charge in [-0.25, -0.2) is 0 Å². The molecule has 0 amide bonds. The first-order valence-electron chi connectivity index (χ1n) is 4.46. The fourth-order valence-corrected chi connectivity index (χ4v) is 0.867. The second kappa shape index (κ2) is 7.56. The Balaban J connectivity index is 0.000000223. The third kappa shape index (κ3) is 10.9. The van der Waals surface area contributed by atoms with E-state index in [1.165, 1.54) is 0 Å². The Morgan fingerprint density at radius 3 is 1.38 bits per heavy atom. The zero-order valence-corrected chi connectivity index (χ0v) is 8.57. The van der Waals surface area contributed by atoms with Gasteiger partial charge in [-0.15, -0.1) is 0 Å². The van der Waals surface area contributed by atoms with Crippen LogP contribution in [0.5, 0.6) is 0 Å². The van der Waals surface area contributed by atoms with Crippen LogP contribution in [0.25, 0.3) is 0 Å². The highest BCUT2D eigenvalue weighted by Gasteiger charge is 1.83. The van der Waals surface area contributed by atoms with Gasteiger partial charge in [-0.2, -0.15) is 0 Å². The summed E-state index contributed by atoms with van der Waals surface area (Å²) in [5, 5.41) is 8.65. The van der Waals surface area contributed by atoms with Crippen LogP contribution < -0.4 is 0 Å². The summed E-state index contributed by atoms with van der Waals surface area (Å²) in [6.07, 6.45) is 1.52. The van der Waals surface area contributed by atoms with Gasteiger partial charge in [-0.3, -0.25) is 0 Å². The van der Waals surface area contributed by atoms with E-state index in [1.807, 2.05) is 50.2 Å². The Kier molecular flexibility index (Phi) is 6.93. The maximum Gasteiger partial charge on any atom is 0.0695 e. The maximum absolute atomic E-state index is 8.65. The predicted molar refractivity (Wildman–Crippen MR) is 57.6 cm³/mol. The molecule has 1 rings (SSSR count). The summed E-state index contributed by atoms with van der Waals surface area (Å²) in [5.41, 5.74) is 1.16. The third-order valence-electron chi connectivity index (χ3n) is 1.24. The van der Waals surface area contributed by atoms with Gasteiger partial charge in [0.15, 0.2) is 0 Å². The Hall–Kier alpha value is -1.08. The first-order chi connectivity index (χ1) is 6.13. The summed E-state index contributed by atoms with van der Waals surface area (Å²) < 4.78 is 0. The van der Waals surface area contributed by atoms with Gasteiger partial charge in [0, 0.05) is 0 Å². The maximum atomic E-state index is 8.65. The topological polar surface area (TPSA) is 20.2 Å². The lowest BCUT2D eigenvalue weighted by atomic mass is 10.2. The average molecular weight is 178 g/mol. The number of aliphatic hydroxyl groups excluding tert-OH is 1. The lowest BCUT2D eigenvalue weighted by Crippen LogP contribution is -1.92. The molecule has 0 fully saturated rings. The van der Waals surface area contributed by atoms with E-state index in [4.69, 9.17) is 5.11 Å². The van der Waals surface area contributed by atoms with Crippen LogP contribution in [0, 0.1) is 0 Å². The molecule has 1 unspecified atom stereocenters. The van der Waals surface area contributed by atoms with E-state index in [0.717, 1.165) is 5.57 Å². The van der Waals surface area contributed by atoms with Crippen molar-refractivity contribution in [1.82, 2.24) is 0 Å². The monoisotopic (exact) mass is 178 g/mol. The van der Waals surface area contributed by atoms with E-state index < -0.39 is 0 Å². The highest BCUT2D eigenvalue weighted by molar-refractivity contribution is 4.99. The number of rotatable bonds is 1. The minimum Gasteiger partial charge on any atom is -0.389 e. The number of hydrogen-bond donors (Lipinski definition) is 1. The average Bonchev–Trinajstić information content (AvgIpc) is 2.06. The molecule has 0 aliphatic rings. The SMILES string of the molecule is CC(C)=CC(C)O.c1ccccc1. The summed E-state index contributed by atoms with van der Waals surface area (Å²) in [7, 11) is 0. The minimum absolute atomic E-state index is 0.287. The molecule has 0 saturated carbocycles. The van der Waals surface area contributed by atoms with Crippen molar-refractivity contribution >= 4 is 0 Å². The van der Waals surface area contributed by atoms with Crippen LogP contribution in [0.1, 0.15) is 20.8 Å². The van der Waals surface area contributed by atoms with Crippen molar-refractivity contribution in [3.63, 3.8) is 0 Å². The summed E-state index contributed by atoms with van der Waals surface area (Å²) in [6, 6.07) is 12.0. The van der Waals surface area contributed by atoms with Gasteiger partial charge in [0.25, 0.3) is 0 Å². The van der Waals surface area contributed by atoms with Crippen LogP contribution in [-0.2, 0) is 0 Å². The Labute approximate surface area is 80.7 Å². The molecule has 13 heavy (non-hydrogen) atoms. The van der Waals surface area contributed by atoms with E-state index in [-0.39, 0.29) is 6.10 Å². The van der Waals surface area contributed by atoms with Gasteiger partial charge in [0.1, 0.15) is 0 Å². The fourth-order valence-electron chi connectivity index (χ4n) is 0.867. The summed E-state index contributed by atoms with van der Waals surface area (Å²) in [6.45, 7) is 5.67. The van der Waals surface area contributed by atoms with Crippen molar-refractivity contribution in [3.05, 3.63) is 48.0 Å². The molecule has 72 valence electrons. The molecule has 0 aliphatic heterocycles. The lowest BCUT2D eigenvalue weighted by molar-refractivity contribution is 0.243. The van der Waals surface area contributed by atoms with E-state index in [1.54, 1.807) is 13.0 Å². The Morgan fingerprint density at radius 1 is 1.00 bits per heavy atom. The van der Waals surface area contributed by atoms with E-state index in [9.17, 15) is 0 Å². The summed E-state index contributed by atoms with van der Waals surface area (Å²) in [5.74, 6) is 0. The first-order valence-corrected chi connectivity index (χ1v) is 4.46. The zero-order valence-electron chi connectivity index (χ0n) is 8.57. The highest BCUT2D eigenvalue weighted by Crippen LogP contribution is 1.91. The Morgan fingerprint density at radius 2 is 1.31 bits per heavy atom. The van der Waals surface area contributed by atoms with Crippen LogP contribution in [0.4, 0.5) is 0 Å². The second-order valence-electron chi connectivity index (χ2n) is 3.14. The molecule has 0 heterocycles. The molecule has 1 atom stereocenters. The fraction of sp³-hybridized carbons (Fsp3) is 0.333. The summed E-state index contributed by atoms with van der Waals surface area (Å²) in [4.78, 5) is 0. The Bertz CT molecular complexity index is 193. The number of benzene rings is 1. The van der Waals surface area contributed by atoms with Crippen molar-refractivity contribution in [2.24, 2.45) is 0 Å². The van der Waals surface area contributed by atoms with Gasteiger partial charge in [0.2, 0.25) is 0 Å².